The fourth-order valence-electron chi connectivity index (χ4n) is 2.44. The van der Waals surface area contributed by atoms with Gasteiger partial charge in [0, 0.05) is 11.6 Å². The molecular weight excluding hydrogens is 316 g/mol. The van der Waals surface area contributed by atoms with E-state index < -0.39 is 0 Å². The van der Waals surface area contributed by atoms with Crippen molar-refractivity contribution in [1.29, 1.82) is 0 Å². The molecule has 1 aromatic carbocycles. The topological polar surface area (TPSA) is 38.1 Å². The Morgan fingerprint density at radius 1 is 1.25 bits per heavy atom. The van der Waals surface area contributed by atoms with E-state index in [1.165, 1.54) is 5.56 Å². The number of fused-ring (bicyclic) bond motifs is 1. The minimum Gasteiger partial charge on any atom is -0.466 e. The molecule has 1 atom stereocenters. The zero-order valence-electron chi connectivity index (χ0n) is 11.1. The van der Waals surface area contributed by atoms with Crippen LogP contribution >= 0.6 is 15.9 Å². The molecule has 1 N–H and O–H groups in total. The molecule has 20 heavy (non-hydrogen) atoms. The lowest BCUT2D eigenvalue weighted by Gasteiger charge is -2.18. The Balaban J connectivity index is 2.17. The number of aromatic nitrogens is 1. The molecule has 2 heterocycles. The van der Waals surface area contributed by atoms with Gasteiger partial charge in [-0.1, -0.05) is 25.1 Å². The molecule has 0 amide bonds. The van der Waals surface area contributed by atoms with Crippen molar-refractivity contribution >= 4 is 26.8 Å². The van der Waals surface area contributed by atoms with E-state index in [9.17, 15) is 0 Å². The fourth-order valence-corrected chi connectivity index (χ4v) is 2.87. The van der Waals surface area contributed by atoms with E-state index in [2.05, 4.69) is 45.3 Å². The summed E-state index contributed by atoms with van der Waals surface area (Å²) >= 11 is 3.55. The smallest absolute Gasteiger partial charge is 0.139 e. The zero-order valence-corrected chi connectivity index (χ0v) is 12.7. The van der Waals surface area contributed by atoms with Crippen LogP contribution < -0.4 is 5.32 Å². The Hall–Kier alpha value is -1.65. The normalized spacial score (nSPS) is 12.7. The van der Waals surface area contributed by atoms with Crippen LogP contribution in [0.3, 0.4) is 0 Å². The van der Waals surface area contributed by atoms with Gasteiger partial charge in [0.1, 0.15) is 5.76 Å². The summed E-state index contributed by atoms with van der Waals surface area (Å²) in [6, 6.07) is 12.2. The van der Waals surface area contributed by atoms with Gasteiger partial charge in [0.25, 0.3) is 0 Å². The van der Waals surface area contributed by atoms with Crippen molar-refractivity contribution in [3.05, 3.63) is 64.7 Å². The van der Waals surface area contributed by atoms with Crippen molar-refractivity contribution in [3.63, 3.8) is 0 Å². The van der Waals surface area contributed by atoms with E-state index in [0.717, 1.165) is 27.7 Å². The number of hydrogen-bond acceptors (Lipinski definition) is 3. The highest BCUT2D eigenvalue weighted by Crippen LogP contribution is 2.32. The van der Waals surface area contributed by atoms with Crippen LogP contribution in [0.15, 0.2) is 57.7 Å². The average molecular weight is 331 g/mol. The summed E-state index contributed by atoms with van der Waals surface area (Å²) in [5.41, 5.74) is 2.17. The van der Waals surface area contributed by atoms with Crippen LogP contribution in [-0.4, -0.2) is 11.5 Å². The van der Waals surface area contributed by atoms with Crippen molar-refractivity contribution in [1.82, 2.24) is 10.3 Å². The number of halogens is 1. The van der Waals surface area contributed by atoms with Crippen LogP contribution in [-0.2, 0) is 0 Å². The SMILES string of the molecule is CCNC(c1occc1Br)c1cccc2ncccc12. The maximum Gasteiger partial charge on any atom is 0.139 e. The van der Waals surface area contributed by atoms with Crippen molar-refractivity contribution in [3.8, 4) is 0 Å². The Morgan fingerprint density at radius 2 is 2.15 bits per heavy atom. The quantitative estimate of drug-likeness (QED) is 0.775. The second-order valence-electron chi connectivity index (χ2n) is 4.54. The van der Waals surface area contributed by atoms with Gasteiger partial charge in [0.2, 0.25) is 0 Å². The fraction of sp³-hybridized carbons (Fsp3) is 0.188. The highest BCUT2D eigenvalue weighted by molar-refractivity contribution is 9.10. The number of rotatable bonds is 4. The molecule has 0 fully saturated rings. The van der Waals surface area contributed by atoms with Gasteiger partial charge in [-0.2, -0.15) is 0 Å². The molecule has 3 aromatic rings. The lowest BCUT2D eigenvalue weighted by atomic mass is 9.99. The summed E-state index contributed by atoms with van der Waals surface area (Å²) in [6.07, 6.45) is 3.52. The second-order valence-corrected chi connectivity index (χ2v) is 5.40. The third-order valence-electron chi connectivity index (χ3n) is 3.31. The Kier molecular flexibility index (Phi) is 3.85. The Morgan fingerprint density at radius 3 is 2.90 bits per heavy atom. The molecule has 0 spiro atoms. The van der Waals surface area contributed by atoms with Crippen LogP contribution in [0.1, 0.15) is 24.3 Å². The highest BCUT2D eigenvalue weighted by atomic mass is 79.9. The molecule has 0 bridgehead atoms. The van der Waals surface area contributed by atoms with E-state index >= 15 is 0 Å². The van der Waals surface area contributed by atoms with Crippen molar-refractivity contribution < 1.29 is 4.42 Å². The van der Waals surface area contributed by atoms with E-state index in [1.54, 1.807) is 6.26 Å². The molecule has 102 valence electrons. The molecule has 0 saturated heterocycles. The van der Waals surface area contributed by atoms with Gasteiger partial charge in [0.05, 0.1) is 22.3 Å². The van der Waals surface area contributed by atoms with Gasteiger partial charge >= 0.3 is 0 Å². The predicted molar refractivity (Wildman–Crippen MR) is 83.7 cm³/mol. The lowest BCUT2D eigenvalue weighted by Crippen LogP contribution is -2.22. The summed E-state index contributed by atoms with van der Waals surface area (Å²) < 4.78 is 6.63. The Labute approximate surface area is 126 Å². The zero-order chi connectivity index (χ0) is 13.9. The molecule has 4 heteroatoms. The van der Waals surface area contributed by atoms with Crippen LogP contribution in [0.2, 0.25) is 0 Å². The third-order valence-corrected chi connectivity index (χ3v) is 3.96. The molecule has 2 aromatic heterocycles. The first-order valence-corrected chi connectivity index (χ1v) is 7.40. The monoisotopic (exact) mass is 330 g/mol. The molecule has 0 aliphatic carbocycles. The molecule has 0 aliphatic heterocycles. The van der Waals surface area contributed by atoms with Crippen LogP contribution in [0, 0.1) is 0 Å². The number of nitrogens with zero attached hydrogens (tertiary/aromatic N) is 1. The minimum absolute atomic E-state index is 0.0114. The summed E-state index contributed by atoms with van der Waals surface area (Å²) in [5.74, 6) is 0.892. The van der Waals surface area contributed by atoms with Crippen molar-refractivity contribution in [2.75, 3.05) is 6.54 Å². The van der Waals surface area contributed by atoms with Crippen LogP contribution in [0.25, 0.3) is 10.9 Å². The van der Waals surface area contributed by atoms with Crippen LogP contribution in [0.5, 0.6) is 0 Å². The molecule has 1 unspecified atom stereocenters. The summed E-state index contributed by atoms with van der Waals surface area (Å²) in [4.78, 5) is 4.42. The Bertz CT molecular complexity index is 718. The summed E-state index contributed by atoms with van der Waals surface area (Å²) in [6.45, 7) is 2.95. The molecule has 0 saturated carbocycles. The first-order chi connectivity index (χ1) is 9.81. The van der Waals surface area contributed by atoms with E-state index in [0.29, 0.717) is 0 Å². The van der Waals surface area contributed by atoms with E-state index in [4.69, 9.17) is 4.42 Å². The van der Waals surface area contributed by atoms with Gasteiger partial charge < -0.3 is 9.73 Å². The third kappa shape index (κ3) is 2.37. The number of hydrogen-bond donors (Lipinski definition) is 1. The average Bonchev–Trinajstić information content (AvgIpc) is 2.90. The number of benzene rings is 1. The number of furan rings is 1. The lowest BCUT2D eigenvalue weighted by molar-refractivity contribution is 0.451. The maximum atomic E-state index is 5.65. The summed E-state index contributed by atoms with van der Waals surface area (Å²) in [7, 11) is 0. The van der Waals surface area contributed by atoms with Gasteiger partial charge in [0.15, 0.2) is 0 Å². The second kappa shape index (κ2) is 5.77. The highest BCUT2D eigenvalue weighted by Gasteiger charge is 2.21. The molecule has 3 nitrogen and oxygen atoms in total. The van der Waals surface area contributed by atoms with Crippen molar-refractivity contribution in [2.24, 2.45) is 0 Å². The predicted octanol–water partition coefficient (Wildman–Crippen LogP) is 4.29. The van der Waals surface area contributed by atoms with Gasteiger partial charge in [-0.05, 0) is 46.2 Å². The summed E-state index contributed by atoms with van der Waals surface area (Å²) in [5, 5.41) is 4.63. The minimum atomic E-state index is 0.0114. The van der Waals surface area contributed by atoms with Crippen molar-refractivity contribution in [2.45, 2.75) is 13.0 Å². The molecule has 0 radical (unpaired) electrons. The van der Waals surface area contributed by atoms with Gasteiger partial charge in [-0.15, -0.1) is 0 Å². The first kappa shape index (κ1) is 13.3. The van der Waals surface area contributed by atoms with E-state index in [1.807, 2.05) is 30.5 Å². The molecule has 0 aliphatic rings. The number of nitrogens with one attached hydrogen (secondary N) is 1. The van der Waals surface area contributed by atoms with Crippen LogP contribution in [0.4, 0.5) is 0 Å². The van der Waals surface area contributed by atoms with Gasteiger partial charge in [-0.3, -0.25) is 4.98 Å². The largest absolute Gasteiger partial charge is 0.466 e. The molecule has 3 rings (SSSR count). The standard InChI is InChI=1S/C16H15BrN2O/c1-2-18-15(16-13(17)8-10-20-16)12-5-3-7-14-11(12)6-4-9-19-14/h3-10,15,18H,2H2,1H3. The maximum absolute atomic E-state index is 5.65. The first-order valence-electron chi connectivity index (χ1n) is 6.61. The van der Waals surface area contributed by atoms with E-state index in [-0.39, 0.29) is 6.04 Å². The van der Waals surface area contributed by atoms with Gasteiger partial charge in [-0.25, -0.2) is 0 Å². The molecular formula is C16H15BrN2O. The number of pyridine rings is 1.